The number of piperazine rings is 1. The number of ether oxygens (including phenoxy) is 1. The number of fused-ring (bicyclic) bond motifs is 1. The van der Waals surface area contributed by atoms with Crippen molar-refractivity contribution < 1.29 is 33.5 Å². The summed E-state index contributed by atoms with van der Waals surface area (Å²) >= 11 is 0. The van der Waals surface area contributed by atoms with Gasteiger partial charge in [-0.15, -0.1) is 0 Å². The number of hydrogen-bond donors (Lipinski definition) is 2. The van der Waals surface area contributed by atoms with Crippen molar-refractivity contribution >= 4 is 28.6 Å². The van der Waals surface area contributed by atoms with Crippen LogP contribution in [0.25, 0.3) is 11.0 Å². The normalized spacial score (nSPS) is 13.9. The summed E-state index contributed by atoms with van der Waals surface area (Å²) in [5, 5.41) is 19.8. The molecule has 1 saturated heterocycles. The topological polar surface area (TPSA) is 116 Å². The minimum absolute atomic E-state index is 0.292. The van der Waals surface area contributed by atoms with E-state index in [1.807, 2.05) is 12.1 Å². The van der Waals surface area contributed by atoms with Gasteiger partial charge in [-0.1, -0.05) is 11.2 Å². The minimum atomic E-state index is -1.82. The van der Waals surface area contributed by atoms with Crippen LogP contribution in [-0.4, -0.2) is 72.0 Å². The number of benzene rings is 2. The molecule has 0 unspecified atom stereocenters. The number of carboxylic acid groups (broad SMARTS) is 2. The lowest BCUT2D eigenvalue weighted by molar-refractivity contribution is -0.159. The maximum Gasteiger partial charge on any atom is 0.414 e. The van der Waals surface area contributed by atoms with E-state index in [-0.39, 0.29) is 5.82 Å². The maximum absolute atomic E-state index is 13.2. The van der Waals surface area contributed by atoms with Gasteiger partial charge in [0.25, 0.3) is 0 Å². The van der Waals surface area contributed by atoms with Gasteiger partial charge in [0, 0.05) is 49.4 Å². The number of aryl methyl sites for hydroxylation is 1. The van der Waals surface area contributed by atoms with E-state index < -0.39 is 11.9 Å². The number of aliphatic carboxylic acids is 2. The molecule has 0 saturated carbocycles. The highest BCUT2D eigenvalue weighted by atomic mass is 19.1. The first-order valence-corrected chi connectivity index (χ1v) is 10.5. The van der Waals surface area contributed by atoms with Crippen LogP contribution in [0.2, 0.25) is 0 Å². The molecule has 0 radical (unpaired) electrons. The van der Waals surface area contributed by atoms with Gasteiger partial charge in [-0.25, -0.2) is 14.0 Å². The van der Waals surface area contributed by atoms with Gasteiger partial charge >= 0.3 is 11.9 Å². The number of hydrogen-bond acceptors (Lipinski definition) is 7. The Kier molecular flexibility index (Phi) is 8.20. The zero-order chi connectivity index (χ0) is 23.8. The third-order valence-electron chi connectivity index (χ3n) is 5.37. The van der Waals surface area contributed by atoms with Gasteiger partial charge in [-0.05, 0) is 43.7 Å². The highest BCUT2D eigenvalue weighted by Crippen LogP contribution is 2.23. The van der Waals surface area contributed by atoms with Crippen molar-refractivity contribution in [1.29, 1.82) is 0 Å². The summed E-state index contributed by atoms with van der Waals surface area (Å²) in [5.41, 5.74) is 2.66. The van der Waals surface area contributed by atoms with E-state index >= 15 is 0 Å². The molecule has 9 nitrogen and oxygen atoms in total. The molecule has 2 aromatic carbocycles. The Morgan fingerprint density at radius 2 is 1.82 bits per heavy atom. The van der Waals surface area contributed by atoms with Crippen molar-refractivity contribution in [1.82, 2.24) is 10.1 Å². The monoisotopic (exact) mass is 459 g/mol. The number of aromatic nitrogens is 1. The Morgan fingerprint density at radius 1 is 1.09 bits per heavy atom. The van der Waals surface area contributed by atoms with Crippen LogP contribution in [0.4, 0.5) is 10.1 Å². The van der Waals surface area contributed by atoms with Gasteiger partial charge in [0.05, 0.1) is 12.8 Å². The number of anilines is 1. The second kappa shape index (κ2) is 11.3. The fourth-order valence-corrected chi connectivity index (χ4v) is 3.65. The van der Waals surface area contributed by atoms with Crippen molar-refractivity contribution in [2.24, 2.45) is 0 Å². The van der Waals surface area contributed by atoms with Crippen molar-refractivity contribution in [2.45, 2.75) is 12.8 Å². The van der Waals surface area contributed by atoms with Crippen LogP contribution < -0.4 is 9.64 Å². The SMILES string of the molecule is COc1cccc(N2CCN(CCCc3noc4cc(F)ccc34)CC2)c1.O=C(O)C(=O)O. The van der Waals surface area contributed by atoms with Gasteiger partial charge in [0.15, 0.2) is 5.58 Å². The lowest BCUT2D eigenvalue weighted by Crippen LogP contribution is -2.46. The number of nitrogens with zero attached hydrogens (tertiary/aromatic N) is 3. The first-order valence-electron chi connectivity index (χ1n) is 10.5. The highest BCUT2D eigenvalue weighted by molar-refractivity contribution is 6.27. The predicted molar refractivity (Wildman–Crippen MR) is 119 cm³/mol. The Bertz CT molecular complexity index is 1080. The van der Waals surface area contributed by atoms with Crippen molar-refractivity contribution in [3.8, 4) is 5.75 Å². The number of methoxy groups -OCH3 is 1. The Hall–Kier alpha value is -3.66. The van der Waals surface area contributed by atoms with Gasteiger partial charge in [-0.3, -0.25) is 4.90 Å². The summed E-state index contributed by atoms with van der Waals surface area (Å²) in [6.07, 6.45) is 1.85. The summed E-state index contributed by atoms with van der Waals surface area (Å²) in [7, 11) is 1.70. The van der Waals surface area contributed by atoms with Crippen LogP contribution >= 0.6 is 0 Å². The molecule has 10 heteroatoms. The summed E-state index contributed by atoms with van der Waals surface area (Å²) in [5.74, 6) is -3.04. The first kappa shape index (κ1) is 24.0. The molecule has 1 aliphatic rings. The zero-order valence-corrected chi connectivity index (χ0v) is 18.2. The van der Waals surface area contributed by atoms with Crippen LogP contribution in [0.5, 0.6) is 5.75 Å². The van der Waals surface area contributed by atoms with E-state index in [0.29, 0.717) is 5.58 Å². The van der Waals surface area contributed by atoms with Crippen LogP contribution in [0.3, 0.4) is 0 Å². The van der Waals surface area contributed by atoms with E-state index in [9.17, 15) is 4.39 Å². The molecule has 2 N–H and O–H groups in total. The molecule has 176 valence electrons. The smallest absolute Gasteiger partial charge is 0.414 e. The molecule has 1 aromatic heterocycles. The van der Waals surface area contributed by atoms with Crippen molar-refractivity contribution in [2.75, 3.05) is 44.7 Å². The van der Waals surface area contributed by atoms with Crippen LogP contribution in [0.15, 0.2) is 47.0 Å². The summed E-state index contributed by atoms with van der Waals surface area (Å²) in [6, 6.07) is 12.8. The Labute approximate surface area is 189 Å². The largest absolute Gasteiger partial charge is 0.497 e. The predicted octanol–water partition coefficient (Wildman–Crippen LogP) is 2.89. The Morgan fingerprint density at radius 3 is 2.48 bits per heavy atom. The highest BCUT2D eigenvalue weighted by Gasteiger charge is 2.18. The molecule has 1 fully saturated rings. The molecule has 2 heterocycles. The summed E-state index contributed by atoms with van der Waals surface area (Å²) < 4.78 is 23.8. The minimum Gasteiger partial charge on any atom is -0.497 e. The fourth-order valence-electron chi connectivity index (χ4n) is 3.65. The van der Waals surface area contributed by atoms with Crippen LogP contribution in [0.1, 0.15) is 12.1 Å². The molecular weight excluding hydrogens is 433 g/mol. The van der Waals surface area contributed by atoms with Gasteiger partial charge in [-0.2, -0.15) is 0 Å². The number of rotatable bonds is 6. The molecule has 3 aromatic rings. The summed E-state index contributed by atoms with van der Waals surface area (Å²) in [6.45, 7) is 5.14. The third kappa shape index (κ3) is 6.66. The molecule has 33 heavy (non-hydrogen) atoms. The first-order chi connectivity index (χ1) is 15.9. The fraction of sp³-hybridized carbons (Fsp3) is 0.348. The van der Waals surface area contributed by atoms with Gasteiger partial charge in [0.1, 0.15) is 11.6 Å². The average molecular weight is 459 g/mol. The number of carboxylic acids is 2. The van der Waals surface area contributed by atoms with Crippen LogP contribution in [-0.2, 0) is 16.0 Å². The van der Waals surface area contributed by atoms with Gasteiger partial charge in [0.2, 0.25) is 0 Å². The van der Waals surface area contributed by atoms with E-state index in [1.54, 1.807) is 13.2 Å². The molecule has 4 rings (SSSR count). The van der Waals surface area contributed by atoms with Crippen molar-refractivity contribution in [3.63, 3.8) is 0 Å². The number of carbonyl (C=O) groups is 2. The standard InChI is InChI=1S/C21H24FN3O2.C2H2O4/c1-26-18-5-2-4-17(15-18)25-12-10-24(11-13-25)9-3-6-20-19-8-7-16(22)14-21(19)27-23-20;3-1(4)2(5)6/h2,4-5,7-8,14-15H,3,6,9-13H2,1H3;(H,3,4)(H,5,6). The van der Waals surface area contributed by atoms with E-state index in [2.05, 4.69) is 27.1 Å². The van der Waals surface area contributed by atoms with E-state index in [1.165, 1.54) is 17.8 Å². The zero-order valence-electron chi connectivity index (χ0n) is 18.2. The average Bonchev–Trinajstić information content (AvgIpc) is 3.21. The van der Waals surface area contributed by atoms with Crippen LogP contribution in [0, 0.1) is 5.82 Å². The third-order valence-corrected chi connectivity index (χ3v) is 5.37. The van der Waals surface area contributed by atoms with E-state index in [0.717, 1.165) is 62.4 Å². The molecule has 0 spiro atoms. The van der Waals surface area contributed by atoms with E-state index in [4.69, 9.17) is 29.1 Å². The maximum atomic E-state index is 13.2. The molecule has 0 atom stereocenters. The molecule has 1 aliphatic heterocycles. The van der Waals surface area contributed by atoms with Gasteiger partial charge < -0.3 is 24.4 Å². The second-order valence-corrected chi connectivity index (χ2v) is 7.51. The molecular formula is C23H26FN3O6. The second-order valence-electron chi connectivity index (χ2n) is 7.51. The summed E-state index contributed by atoms with van der Waals surface area (Å²) in [4.78, 5) is 23.1. The Balaban J connectivity index is 0.000000454. The quantitative estimate of drug-likeness (QED) is 0.537. The molecule has 0 bridgehead atoms. The molecule has 0 aliphatic carbocycles. The number of halogens is 1. The lowest BCUT2D eigenvalue weighted by atomic mass is 10.1. The van der Waals surface area contributed by atoms with Crippen molar-refractivity contribution in [3.05, 3.63) is 54.0 Å². The lowest BCUT2D eigenvalue weighted by Gasteiger charge is -2.36. The molecule has 0 amide bonds.